The number of carbonyl (C=O) groups is 1. The lowest BCUT2D eigenvalue weighted by atomic mass is 9.50. The van der Waals surface area contributed by atoms with Crippen LogP contribution in [0.2, 0.25) is 0 Å². The number of carbonyl (C=O) groups excluding carboxylic acids is 1. The molecule has 2 heterocycles. The monoisotopic (exact) mass is 466 g/mol. The van der Waals surface area contributed by atoms with Gasteiger partial charge >= 0.3 is 0 Å². The number of nitrogens with one attached hydrogen (secondary N) is 1. The molecule has 4 aliphatic rings. The number of anilines is 1. The Morgan fingerprint density at radius 2 is 1.88 bits per heavy atom. The van der Waals surface area contributed by atoms with Crippen molar-refractivity contribution in [1.29, 1.82) is 0 Å². The zero-order valence-corrected chi connectivity index (χ0v) is 19.7. The maximum atomic E-state index is 13.1. The minimum Gasteiger partial charge on any atom is -0.360 e. The maximum Gasteiger partial charge on any atom is 0.258 e. The zero-order valence-electron chi connectivity index (χ0n) is 18.0. The van der Waals surface area contributed by atoms with Crippen LogP contribution in [0.3, 0.4) is 0 Å². The van der Waals surface area contributed by atoms with Crippen LogP contribution in [0.1, 0.15) is 65.3 Å². The van der Waals surface area contributed by atoms with Crippen LogP contribution < -0.4 is 5.32 Å². The van der Waals surface area contributed by atoms with Crippen molar-refractivity contribution < 1.29 is 9.32 Å². The van der Waals surface area contributed by atoms with E-state index in [1.165, 1.54) is 38.5 Å². The molecule has 0 saturated heterocycles. The van der Waals surface area contributed by atoms with Gasteiger partial charge in [-0.15, -0.1) is 22.0 Å². The van der Waals surface area contributed by atoms with Gasteiger partial charge in [0, 0.05) is 16.4 Å². The highest BCUT2D eigenvalue weighted by atomic mass is 32.2. The van der Waals surface area contributed by atoms with Crippen molar-refractivity contribution in [1.82, 2.24) is 15.4 Å². The third-order valence-corrected chi connectivity index (χ3v) is 9.50. The molecular formula is C24H26N4O2S2. The van der Waals surface area contributed by atoms with Crippen LogP contribution in [0, 0.1) is 24.7 Å². The van der Waals surface area contributed by atoms with Gasteiger partial charge in [0.25, 0.3) is 5.91 Å². The lowest BCUT2D eigenvalue weighted by Crippen LogP contribution is -2.48. The van der Waals surface area contributed by atoms with E-state index in [9.17, 15) is 4.79 Å². The molecule has 4 bridgehead atoms. The fraction of sp³-hybridized carbons (Fsp3) is 0.500. The van der Waals surface area contributed by atoms with E-state index in [4.69, 9.17) is 4.52 Å². The summed E-state index contributed by atoms with van der Waals surface area (Å²) in [6, 6.07) is 9.57. The summed E-state index contributed by atoms with van der Waals surface area (Å²) in [6.45, 7) is 1.90. The largest absolute Gasteiger partial charge is 0.360 e. The van der Waals surface area contributed by atoms with Crippen LogP contribution in [0.15, 0.2) is 39.8 Å². The molecule has 8 heteroatoms. The Kier molecular flexibility index (Phi) is 5.10. The molecule has 0 atom stereocenters. The summed E-state index contributed by atoms with van der Waals surface area (Å²) in [7, 11) is 0. The maximum absolute atomic E-state index is 13.1. The topological polar surface area (TPSA) is 80.9 Å². The van der Waals surface area contributed by atoms with Crippen LogP contribution in [-0.2, 0) is 11.2 Å². The molecule has 7 rings (SSSR count). The van der Waals surface area contributed by atoms with Crippen molar-refractivity contribution in [3.05, 3.63) is 52.4 Å². The fourth-order valence-electron chi connectivity index (χ4n) is 6.44. The quantitative estimate of drug-likeness (QED) is 0.459. The molecule has 0 radical (unpaired) electrons. The number of amides is 1. The third-order valence-electron chi connectivity index (χ3n) is 7.32. The molecule has 4 saturated carbocycles. The predicted octanol–water partition coefficient (Wildman–Crippen LogP) is 5.85. The number of rotatable bonds is 6. The van der Waals surface area contributed by atoms with Gasteiger partial charge in [0.15, 0.2) is 0 Å². The molecule has 6 nitrogen and oxygen atoms in total. The zero-order chi connectivity index (χ0) is 21.7. The second-order valence-electron chi connectivity index (χ2n) is 9.78. The standard InChI is InChI=1S/C24H26N4O2S2/c1-14-6-18(30-28-14)13-31-20-5-3-2-4-19(20)21(29)25-23-27-26-22(32-23)24-10-15-7-16(11-24)9-17(8-15)12-24/h2-6,15-17H,7-13H2,1H3,(H,25,27,29). The first-order valence-corrected chi connectivity index (χ1v) is 13.2. The van der Waals surface area contributed by atoms with Gasteiger partial charge in [-0.2, -0.15) is 0 Å². The van der Waals surface area contributed by atoms with Gasteiger partial charge in [-0.25, -0.2) is 0 Å². The van der Waals surface area contributed by atoms with Crippen molar-refractivity contribution in [2.24, 2.45) is 17.8 Å². The van der Waals surface area contributed by atoms with Gasteiger partial charge in [-0.1, -0.05) is 28.6 Å². The molecule has 1 aromatic carbocycles. The molecule has 166 valence electrons. The number of benzene rings is 1. The van der Waals surface area contributed by atoms with Gasteiger partial charge in [0.2, 0.25) is 5.13 Å². The highest BCUT2D eigenvalue weighted by Crippen LogP contribution is 2.61. The SMILES string of the molecule is Cc1cc(CSc2ccccc2C(=O)Nc2nnc(C34CC5CC(CC(C5)C3)C4)s2)on1. The first-order chi connectivity index (χ1) is 15.6. The lowest BCUT2D eigenvalue weighted by molar-refractivity contribution is -0.00555. The summed E-state index contributed by atoms with van der Waals surface area (Å²) in [6.07, 6.45) is 7.98. The predicted molar refractivity (Wildman–Crippen MR) is 125 cm³/mol. The molecule has 32 heavy (non-hydrogen) atoms. The Morgan fingerprint density at radius 1 is 1.16 bits per heavy atom. The molecule has 4 fully saturated rings. The number of aromatic nitrogens is 3. The van der Waals surface area contributed by atoms with Crippen molar-refractivity contribution in [3.63, 3.8) is 0 Å². The number of thioether (sulfide) groups is 1. The summed E-state index contributed by atoms with van der Waals surface area (Å²) < 4.78 is 5.30. The van der Waals surface area contributed by atoms with Crippen LogP contribution in [0.4, 0.5) is 5.13 Å². The first-order valence-electron chi connectivity index (χ1n) is 11.4. The van der Waals surface area contributed by atoms with Crippen LogP contribution >= 0.6 is 23.1 Å². The summed E-state index contributed by atoms with van der Waals surface area (Å²) in [5, 5.41) is 17.6. The van der Waals surface area contributed by atoms with E-state index in [0.717, 1.165) is 39.1 Å². The Balaban J connectivity index is 1.17. The molecule has 2 aromatic heterocycles. The van der Waals surface area contributed by atoms with E-state index in [0.29, 0.717) is 16.4 Å². The second-order valence-corrected chi connectivity index (χ2v) is 11.8. The van der Waals surface area contributed by atoms with Crippen molar-refractivity contribution >= 4 is 34.1 Å². The van der Waals surface area contributed by atoms with E-state index in [-0.39, 0.29) is 11.3 Å². The summed E-state index contributed by atoms with van der Waals surface area (Å²) in [4.78, 5) is 14.0. The summed E-state index contributed by atoms with van der Waals surface area (Å²) >= 11 is 3.15. The molecule has 1 N–H and O–H groups in total. The van der Waals surface area contributed by atoms with Gasteiger partial charge in [-0.05, 0) is 75.3 Å². The normalized spacial score (nSPS) is 28.2. The number of hydrogen-bond acceptors (Lipinski definition) is 7. The van der Waals surface area contributed by atoms with E-state index >= 15 is 0 Å². The molecule has 4 aliphatic carbocycles. The Labute approximate surface area is 195 Å². The minimum absolute atomic E-state index is 0.143. The number of nitrogens with zero attached hydrogens (tertiary/aromatic N) is 3. The van der Waals surface area contributed by atoms with Gasteiger partial charge < -0.3 is 4.52 Å². The Morgan fingerprint density at radius 3 is 2.56 bits per heavy atom. The smallest absolute Gasteiger partial charge is 0.258 e. The number of aryl methyl sites for hydroxylation is 1. The van der Waals surface area contributed by atoms with Crippen molar-refractivity contribution in [3.8, 4) is 0 Å². The Bertz CT molecular complexity index is 1120. The van der Waals surface area contributed by atoms with Gasteiger partial charge in [-0.3, -0.25) is 10.1 Å². The highest BCUT2D eigenvalue weighted by molar-refractivity contribution is 7.98. The molecule has 0 unspecified atom stereocenters. The molecule has 0 aliphatic heterocycles. The molecule has 1 amide bonds. The fourth-order valence-corrected chi connectivity index (χ4v) is 8.32. The van der Waals surface area contributed by atoms with E-state index in [1.54, 1.807) is 23.1 Å². The van der Waals surface area contributed by atoms with E-state index in [1.807, 2.05) is 37.3 Å². The van der Waals surface area contributed by atoms with E-state index < -0.39 is 0 Å². The summed E-state index contributed by atoms with van der Waals surface area (Å²) in [5.41, 5.74) is 1.70. The van der Waals surface area contributed by atoms with Crippen LogP contribution in [0.5, 0.6) is 0 Å². The second kappa shape index (κ2) is 7.99. The van der Waals surface area contributed by atoms with Crippen LogP contribution in [-0.4, -0.2) is 21.3 Å². The van der Waals surface area contributed by atoms with Crippen molar-refractivity contribution in [2.75, 3.05) is 5.32 Å². The summed E-state index contributed by atoms with van der Waals surface area (Å²) in [5.74, 6) is 3.86. The van der Waals surface area contributed by atoms with Gasteiger partial charge in [0.1, 0.15) is 10.8 Å². The van der Waals surface area contributed by atoms with Gasteiger partial charge in [0.05, 0.1) is 17.0 Å². The number of hydrogen-bond donors (Lipinski definition) is 1. The molecule has 0 spiro atoms. The van der Waals surface area contributed by atoms with Crippen molar-refractivity contribution in [2.45, 2.75) is 61.5 Å². The molecular weight excluding hydrogens is 440 g/mol. The third kappa shape index (κ3) is 3.77. The average molecular weight is 467 g/mol. The van der Waals surface area contributed by atoms with E-state index in [2.05, 4.69) is 20.7 Å². The first kappa shape index (κ1) is 20.4. The Hall–Kier alpha value is -2.19. The highest BCUT2D eigenvalue weighted by Gasteiger charge is 2.53. The van der Waals surface area contributed by atoms with Crippen LogP contribution in [0.25, 0.3) is 0 Å². The molecule has 3 aromatic rings. The minimum atomic E-state index is -0.143. The lowest BCUT2D eigenvalue weighted by Gasteiger charge is -2.55. The average Bonchev–Trinajstić information content (AvgIpc) is 3.41.